The first kappa shape index (κ1) is 19.3. The maximum atomic E-state index is 12.1. The van der Waals surface area contributed by atoms with Gasteiger partial charge in [0.25, 0.3) is 0 Å². The van der Waals surface area contributed by atoms with Gasteiger partial charge in [-0.25, -0.2) is 4.79 Å². The number of hydrogen-bond acceptors (Lipinski definition) is 5. The highest BCUT2D eigenvalue weighted by Crippen LogP contribution is 2.20. The Labute approximate surface area is 137 Å². The molecule has 2 amide bonds. The number of nitrogens with zero attached hydrogens (tertiary/aromatic N) is 1. The van der Waals surface area contributed by atoms with Crippen LogP contribution >= 0.6 is 0 Å². The number of piperidine rings is 1. The molecule has 132 valence electrons. The fourth-order valence-electron chi connectivity index (χ4n) is 2.59. The Bertz CT molecular complexity index is 444. The topological polar surface area (TPSA) is 84.9 Å². The van der Waals surface area contributed by atoms with Crippen molar-refractivity contribution in [2.24, 2.45) is 5.92 Å². The molecule has 7 nitrogen and oxygen atoms in total. The zero-order valence-electron chi connectivity index (χ0n) is 14.7. The van der Waals surface area contributed by atoms with Gasteiger partial charge in [0.15, 0.2) is 0 Å². The summed E-state index contributed by atoms with van der Waals surface area (Å²) < 4.78 is 10.0. The first-order valence-electron chi connectivity index (χ1n) is 8.01. The molecule has 0 aromatic rings. The molecule has 1 N–H and O–H groups in total. The Hall–Kier alpha value is -1.79. The highest BCUT2D eigenvalue weighted by atomic mass is 16.6. The first-order valence-corrected chi connectivity index (χ1v) is 8.01. The number of likely N-dealkylation sites (tertiary alicyclic amines) is 1. The molecule has 0 radical (unpaired) electrons. The summed E-state index contributed by atoms with van der Waals surface area (Å²) in [6.07, 6.45) is 1.05. The van der Waals surface area contributed by atoms with E-state index in [2.05, 4.69) is 5.32 Å². The number of nitrogens with one attached hydrogen (secondary N) is 1. The lowest BCUT2D eigenvalue weighted by atomic mass is 9.94. The Balaban J connectivity index is 2.75. The van der Waals surface area contributed by atoms with E-state index < -0.39 is 17.6 Å². The van der Waals surface area contributed by atoms with Crippen molar-refractivity contribution in [1.82, 2.24) is 10.2 Å². The Kier molecular flexibility index (Phi) is 6.84. The minimum Gasteiger partial charge on any atom is -0.469 e. The molecule has 1 aliphatic rings. The van der Waals surface area contributed by atoms with Gasteiger partial charge in [-0.3, -0.25) is 9.59 Å². The van der Waals surface area contributed by atoms with Gasteiger partial charge in [0, 0.05) is 19.5 Å². The van der Waals surface area contributed by atoms with Crippen LogP contribution in [-0.4, -0.2) is 54.7 Å². The normalized spacial score (nSPS) is 21.5. The number of hydrogen-bond donors (Lipinski definition) is 1. The van der Waals surface area contributed by atoms with Crippen LogP contribution in [0.2, 0.25) is 0 Å². The quantitative estimate of drug-likeness (QED) is 0.794. The minimum atomic E-state index is -0.599. The van der Waals surface area contributed by atoms with E-state index in [1.165, 1.54) is 7.11 Å². The molecule has 1 rings (SSSR count). The summed E-state index contributed by atoms with van der Waals surface area (Å²) in [5.74, 6) is -0.818. The van der Waals surface area contributed by atoms with Gasteiger partial charge in [-0.2, -0.15) is 0 Å². The maximum Gasteiger partial charge on any atom is 0.407 e. The summed E-state index contributed by atoms with van der Waals surface area (Å²) >= 11 is 0. The molecule has 23 heavy (non-hydrogen) atoms. The lowest BCUT2D eigenvalue weighted by molar-refractivity contribution is -0.149. The predicted molar refractivity (Wildman–Crippen MR) is 84.8 cm³/mol. The van der Waals surface area contributed by atoms with Gasteiger partial charge < -0.3 is 19.7 Å². The van der Waals surface area contributed by atoms with Crippen LogP contribution in [-0.2, 0) is 19.1 Å². The highest BCUT2D eigenvalue weighted by molar-refractivity contribution is 5.79. The summed E-state index contributed by atoms with van der Waals surface area (Å²) in [4.78, 5) is 37.5. The van der Waals surface area contributed by atoms with Gasteiger partial charge >= 0.3 is 12.1 Å². The van der Waals surface area contributed by atoms with Crippen molar-refractivity contribution < 1.29 is 23.9 Å². The molecular formula is C16H28N2O5. The molecule has 0 aliphatic carbocycles. The molecule has 1 heterocycles. The maximum absolute atomic E-state index is 12.1. The van der Waals surface area contributed by atoms with Crippen LogP contribution in [0.4, 0.5) is 4.79 Å². The molecule has 1 aliphatic heterocycles. The lowest BCUT2D eigenvalue weighted by Crippen LogP contribution is -2.54. The third kappa shape index (κ3) is 6.46. The van der Waals surface area contributed by atoms with Gasteiger partial charge in [-0.15, -0.1) is 0 Å². The van der Waals surface area contributed by atoms with Crippen LogP contribution in [0.1, 0.15) is 47.0 Å². The Morgan fingerprint density at radius 2 is 1.87 bits per heavy atom. The van der Waals surface area contributed by atoms with Crippen molar-refractivity contribution in [3.63, 3.8) is 0 Å². The average Bonchev–Trinajstić information content (AvgIpc) is 2.44. The number of methoxy groups -OCH3 is 1. The number of ether oxygens (including phenoxy) is 2. The monoisotopic (exact) mass is 328 g/mol. The van der Waals surface area contributed by atoms with Crippen LogP contribution in [0, 0.1) is 5.92 Å². The number of rotatable bonds is 4. The third-order valence-corrected chi connectivity index (χ3v) is 3.52. The third-order valence-electron chi connectivity index (χ3n) is 3.52. The van der Waals surface area contributed by atoms with E-state index in [0.717, 1.165) is 6.42 Å². The molecule has 1 fully saturated rings. The summed E-state index contributed by atoms with van der Waals surface area (Å²) in [6, 6.07) is -0.330. The number of carbonyl (C=O) groups is 3. The van der Waals surface area contributed by atoms with Crippen LogP contribution in [0.15, 0.2) is 0 Å². The van der Waals surface area contributed by atoms with Gasteiger partial charge in [0.1, 0.15) is 5.60 Å². The Morgan fingerprint density at radius 3 is 2.39 bits per heavy atom. The first-order chi connectivity index (χ1) is 10.7. The summed E-state index contributed by atoms with van der Waals surface area (Å²) in [5, 5.41) is 2.75. The van der Waals surface area contributed by atoms with Gasteiger partial charge in [0.2, 0.25) is 5.91 Å². The summed E-state index contributed by atoms with van der Waals surface area (Å²) in [6.45, 7) is 7.98. The van der Waals surface area contributed by atoms with E-state index in [1.807, 2.05) is 6.92 Å². The Morgan fingerprint density at radius 1 is 1.22 bits per heavy atom. The molecule has 0 spiro atoms. The van der Waals surface area contributed by atoms with Crippen molar-refractivity contribution in [1.29, 1.82) is 0 Å². The van der Waals surface area contributed by atoms with Gasteiger partial charge in [-0.05, 0) is 33.6 Å². The van der Waals surface area contributed by atoms with Crippen molar-refractivity contribution >= 4 is 18.0 Å². The fourth-order valence-corrected chi connectivity index (χ4v) is 2.59. The molecule has 7 heteroatoms. The molecule has 2 atom stereocenters. The SMILES string of the molecule is CCCC(=O)N1CC(NC(=O)OC(C)(C)C)CC(C(=O)OC)C1. The largest absolute Gasteiger partial charge is 0.469 e. The number of esters is 1. The van der Waals surface area contributed by atoms with E-state index in [1.54, 1.807) is 25.7 Å². The van der Waals surface area contributed by atoms with Gasteiger partial charge in [-0.1, -0.05) is 6.92 Å². The van der Waals surface area contributed by atoms with Crippen molar-refractivity contribution in [2.45, 2.75) is 58.6 Å². The number of carbonyl (C=O) groups excluding carboxylic acids is 3. The van der Waals surface area contributed by atoms with Crippen LogP contribution in [0.5, 0.6) is 0 Å². The minimum absolute atomic E-state index is 0.0166. The van der Waals surface area contributed by atoms with Crippen molar-refractivity contribution in [3.8, 4) is 0 Å². The van der Waals surface area contributed by atoms with E-state index >= 15 is 0 Å². The van der Waals surface area contributed by atoms with Gasteiger partial charge in [0.05, 0.1) is 19.1 Å². The molecule has 2 unspecified atom stereocenters. The highest BCUT2D eigenvalue weighted by Gasteiger charge is 2.35. The molecule has 1 saturated heterocycles. The van der Waals surface area contributed by atoms with Crippen molar-refractivity contribution in [3.05, 3.63) is 0 Å². The lowest BCUT2D eigenvalue weighted by Gasteiger charge is -2.37. The number of alkyl carbamates (subject to hydrolysis) is 1. The smallest absolute Gasteiger partial charge is 0.407 e. The fraction of sp³-hybridized carbons (Fsp3) is 0.812. The second-order valence-electron chi connectivity index (χ2n) is 6.85. The summed E-state index contributed by atoms with van der Waals surface area (Å²) in [5.41, 5.74) is -0.599. The second-order valence-corrected chi connectivity index (χ2v) is 6.85. The van der Waals surface area contributed by atoms with E-state index in [4.69, 9.17) is 9.47 Å². The molecule has 0 bridgehead atoms. The van der Waals surface area contributed by atoms with E-state index in [9.17, 15) is 14.4 Å². The van der Waals surface area contributed by atoms with Crippen LogP contribution < -0.4 is 5.32 Å². The molecular weight excluding hydrogens is 300 g/mol. The van der Waals surface area contributed by atoms with E-state index in [0.29, 0.717) is 25.9 Å². The predicted octanol–water partition coefficient (Wildman–Crippen LogP) is 1.70. The second kappa shape index (κ2) is 8.17. The van der Waals surface area contributed by atoms with Crippen LogP contribution in [0.25, 0.3) is 0 Å². The summed E-state index contributed by atoms with van der Waals surface area (Å²) in [7, 11) is 1.32. The number of amides is 2. The molecule has 0 aromatic carbocycles. The zero-order chi connectivity index (χ0) is 17.6. The van der Waals surface area contributed by atoms with E-state index in [-0.39, 0.29) is 17.9 Å². The average molecular weight is 328 g/mol. The zero-order valence-corrected chi connectivity index (χ0v) is 14.7. The standard InChI is InChI=1S/C16H28N2O5/c1-6-7-13(19)18-9-11(14(20)22-5)8-12(10-18)17-15(21)23-16(2,3)4/h11-12H,6-10H2,1-5H3,(H,17,21). The van der Waals surface area contributed by atoms with Crippen molar-refractivity contribution in [2.75, 3.05) is 20.2 Å². The molecule has 0 aromatic heterocycles. The molecule has 0 saturated carbocycles. The van der Waals surface area contributed by atoms with Crippen LogP contribution in [0.3, 0.4) is 0 Å².